The second kappa shape index (κ2) is 5.01. The first-order valence-electron chi connectivity index (χ1n) is 5.35. The highest BCUT2D eigenvalue weighted by Crippen LogP contribution is 2.32. The van der Waals surface area contributed by atoms with Gasteiger partial charge in [0, 0.05) is 11.4 Å². The largest absolute Gasteiger partial charge is 0.416 e. The van der Waals surface area contributed by atoms with E-state index in [1.165, 1.54) is 18.2 Å². The minimum Gasteiger partial charge on any atom is -0.399 e. The lowest BCUT2D eigenvalue weighted by atomic mass is 10.2. The fourth-order valence-electron chi connectivity index (χ4n) is 1.56. The van der Waals surface area contributed by atoms with Crippen molar-refractivity contribution in [3.8, 4) is 0 Å². The maximum absolute atomic E-state index is 12.6. The lowest BCUT2D eigenvalue weighted by Gasteiger charge is -2.12. The highest BCUT2D eigenvalue weighted by atomic mass is 35.5. The number of rotatable bonds is 2. The van der Waals surface area contributed by atoms with Crippen LogP contribution in [0.15, 0.2) is 42.5 Å². The average Bonchev–Trinajstić information content (AvgIpc) is 2.32. The highest BCUT2D eigenvalue weighted by molar-refractivity contribution is 6.33. The van der Waals surface area contributed by atoms with Crippen LogP contribution in [0, 0.1) is 0 Å². The van der Waals surface area contributed by atoms with Crippen molar-refractivity contribution in [2.75, 3.05) is 11.1 Å². The van der Waals surface area contributed by atoms with Crippen LogP contribution in [0.5, 0.6) is 0 Å². The molecule has 2 nitrogen and oxygen atoms in total. The average molecular weight is 287 g/mol. The standard InChI is InChI=1S/C13H10ClF3N2/c14-11-7-9(18)4-5-12(11)19-10-3-1-2-8(6-10)13(15,16)17/h1-7,19H,18H2. The molecule has 0 unspecified atom stereocenters. The summed E-state index contributed by atoms with van der Waals surface area (Å²) < 4.78 is 37.7. The van der Waals surface area contributed by atoms with Gasteiger partial charge in [0.25, 0.3) is 0 Å². The fraction of sp³-hybridized carbons (Fsp3) is 0.0769. The van der Waals surface area contributed by atoms with Crippen LogP contribution in [0.2, 0.25) is 5.02 Å². The van der Waals surface area contributed by atoms with Crippen LogP contribution >= 0.6 is 11.6 Å². The predicted molar refractivity (Wildman–Crippen MR) is 70.6 cm³/mol. The lowest BCUT2D eigenvalue weighted by Crippen LogP contribution is -2.05. The molecule has 0 fully saturated rings. The summed E-state index contributed by atoms with van der Waals surface area (Å²) in [6, 6.07) is 9.64. The van der Waals surface area contributed by atoms with Crippen molar-refractivity contribution in [3.05, 3.63) is 53.1 Å². The number of nitrogen functional groups attached to an aromatic ring is 1. The Labute approximate surface area is 113 Å². The Kier molecular flexibility index (Phi) is 3.57. The van der Waals surface area contributed by atoms with Gasteiger partial charge in [-0.15, -0.1) is 0 Å². The Bertz CT molecular complexity index is 597. The zero-order valence-corrected chi connectivity index (χ0v) is 10.4. The Morgan fingerprint density at radius 2 is 1.79 bits per heavy atom. The van der Waals surface area contributed by atoms with Crippen molar-refractivity contribution in [1.82, 2.24) is 0 Å². The number of benzene rings is 2. The first-order chi connectivity index (χ1) is 8.86. The Hall–Kier alpha value is -1.88. The molecule has 19 heavy (non-hydrogen) atoms. The fourth-order valence-corrected chi connectivity index (χ4v) is 1.80. The molecule has 100 valence electrons. The van der Waals surface area contributed by atoms with Crippen molar-refractivity contribution >= 4 is 28.7 Å². The van der Waals surface area contributed by atoms with Gasteiger partial charge in [-0.3, -0.25) is 0 Å². The van der Waals surface area contributed by atoms with Crippen LogP contribution < -0.4 is 11.1 Å². The van der Waals surface area contributed by atoms with Gasteiger partial charge in [0.05, 0.1) is 16.3 Å². The Balaban J connectivity index is 2.29. The zero-order valence-electron chi connectivity index (χ0n) is 9.63. The number of hydrogen-bond donors (Lipinski definition) is 2. The third-order valence-electron chi connectivity index (χ3n) is 2.46. The molecule has 2 aromatic rings. The number of halogens is 4. The first kappa shape index (κ1) is 13.5. The Morgan fingerprint density at radius 3 is 2.42 bits per heavy atom. The molecule has 0 bridgehead atoms. The van der Waals surface area contributed by atoms with E-state index < -0.39 is 11.7 Å². The summed E-state index contributed by atoms with van der Waals surface area (Å²) in [5, 5.41) is 3.17. The van der Waals surface area contributed by atoms with Crippen molar-refractivity contribution in [1.29, 1.82) is 0 Å². The summed E-state index contributed by atoms with van der Waals surface area (Å²) in [6.07, 6.45) is -4.37. The maximum Gasteiger partial charge on any atom is 0.416 e. The summed E-state index contributed by atoms with van der Waals surface area (Å²) in [7, 11) is 0. The number of alkyl halides is 3. The van der Waals surface area contributed by atoms with E-state index in [1.54, 1.807) is 12.1 Å². The third kappa shape index (κ3) is 3.32. The molecule has 0 aliphatic heterocycles. The molecule has 0 aliphatic rings. The van der Waals surface area contributed by atoms with Crippen molar-refractivity contribution < 1.29 is 13.2 Å². The number of nitrogens with one attached hydrogen (secondary N) is 1. The second-order valence-electron chi connectivity index (χ2n) is 3.94. The predicted octanol–water partition coefficient (Wildman–Crippen LogP) is 4.68. The van der Waals surface area contributed by atoms with Gasteiger partial charge in [-0.05, 0) is 36.4 Å². The van der Waals surface area contributed by atoms with Crippen molar-refractivity contribution in [3.63, 3.8) is 0 Å². The normalized spacial score (nSPS) is 11.4. The topological polar surface area (TPSA) is 38.0 Å². The van der Waals surface area contributed by atoms with E-state index in [9.17, 15) is 13.2 Å². The van der Waals surface area contributed by atoms with Crippen LogP contribution in [-0.4, -0.2) is 0 Å². The van der Waals surface area contributed by atoms with Gasteiger partial charge in [-0.1, -0.05) is 17.7 Å². The summed E-state index contributed by atoms with van der Waals surface area (Å²) >= 11 is 5.94. The zero-order chi connectivity index (χ0) is 14.0. The van der Waals surface area contributed by atoms with E-state index in [-0.39, 0.29) is 0 Å². The van der Waals surface area contributed by atoms with E-state index in [2.05, 4.69) is 5.32 Å². The number of hydrogen-bond acceptors (Lipinski definition) is 2. The second-order valence-corrected chi connectivity index (χ2v) is 4.35. The van der Waals surface area contributed by atoms with E-state index in [4.69, 9.17) is 17.3 Å². The Morgan fingerprint density at radius 1 is 1.05 bits per heavy atom. The van der Waals surface area contributed by atoms with Gasteiger partial charge >= 0.3 is 6.18 Å². The number of anilines is 3. The van der Waals surface area contributed by atoms with Gasteiger partial charge in [-0.25, -0.2) is 0 Å². The van der Waals surface area contributed by atoms with E-state index in [0.29, 0.717) is 22.1 Å². The molecule has 2 rings (SSSR count). The summed E-state index contributed by atoms with van der Waals surface area (Å²) in [5.74, 6) is 0. The number of nitrogens with two attached hydrogens (primary N) is 1. The van der Waals surface area contributed by atoms with Gasteiger partial charge in [0.15, 0.2) is 0 Å². The monoisotopic (exact) mass is 286 g/mol. The van der Waals surface area contributed by atoms with Gasteiger partial charge in [0.2, 0.25) is 0 Å². The minimum atomic E-state index is -4.37. The van der Waals surface area contributed by atoms with Crippen LogP contribution in [0.25, 0.3) is 0 Å². The van der Waals surface area contributed by atoms with E-state index in [0.717, 1.165) is 12.1 Å². The SMILES string of the molecule is Nc1ccc(Nc2cccc(C(F)(F)F)c2)c(Cl)c1. The molecular weight excluding hydrogens is 277 g/mol. The molecule has 0 heterocycles. The third-order valence-corrected chi connectivity index (χ3v) is 2.77. The first-order valence-corrected chi connectivity index (χ1v) is 5.73. The molecule has 0 spiro atoms. The van der Waals surface area contributed by atoms with Crippen molar-refractivity contribution in [2.45, 2.75) is 6.18 Å². The van der Waals surface area contributed by atoms with Crippen LogP contribution in [0.4, 0.5) is 30.2 Å². The van der Waals surface area contributed by atoms with Crippen LogP contribution in [-0.2, 0) is 6.18 Å². The van der Waals surface area contributed by atoms with Gasteiger partial charge in [0.1, 0.15) is 0 Å². The summed E-state index contributed by atoms with van der Waals surface area (Å²) in [6.45, 7) is 0. The smallest absolute Gasteiger partial charge is 0.399 e. The van der Waals surface area contributed by atoms with Gasteiger partial charge in [-0.2, -0.15) is 13.2 Å². The molecule has 0 radical (unpaired) electrons. The maximum atomic E-state index is 12.6. The molecular formula is C13H10ClF3N2. The lowest BCUT2D eigenvalue weighted by molar-refractivity contribution is -0.137. The summed E-state index contributed by atoms with van der Waals surface area (Å²) in [5.41, 5.74) is 6.11. The van der Waals surface area contributed by atoms with Crippen LogP contribution in [0.3, 0.4) is 0 Å². The van der Waals surface area contributed by atoms with Crippen molar-refractivity contribution in [2.24, 2.45) is 0 Å². The quantitative estimate of drug-likeness (QED) is 0.786. The molecule has 0 saturated carbocycles. The van der Waals surface area contributed by atoms with Crippen LogP contribution in [0.1, 0.15) is 5.56 Å². The minimum absolute atomic E-state index is 0.307. The highest BCUT2D eigenvalue weighted by Gasteiger charge is 2.30. The van der Waals surface area contributed by atoms with E-state index in [1.807, 2.05) is 0 Å². The molecule has 0 atom stereocenters. The molecule has 0 aromatic heterocycles. The molecule has 6 heteroatoms. The molecule has 0 saturated heterocycles. The molecule has 0 aliphatic carbocycles. The molecule has 0 amide bonds. The van der Waals surface area contributed by atoms with Gasteiger partial charge < -0.3 is 11.1 Å². The van der Waals surface area contributed by atoms with E-state index >= 15 is 0 Å². The molecule has 3 N–H and O–H groups in total. The molecule has 2 aromatic carbocycles. The summed E-state index contributed by atoms with van der Waals surface area (Å²) in [4.78, 5) is 0.